The van der Waals surface area contributed by atoms with E-state index in [0.29, 0.717) is 24.1 Å². The van der Waals surface area contributed by atoms with Crippen LogP contribution < -0.4 is 5.32 Å². The summed E-state index contributed by atoms with van der Waals surface area (Å²) >= 11 is 9.59. The maximum absolute atomic E-state index is 13.7. The van der Waals surface area contributed by atoms with Crippen LogP contribution in [-0.4, -0.2) is 6.04 Å². The monoisotopic (exact) mass is 367 g/mol. The first-order chi connectivity index (χ1) is 10.1. The number of halogens is 3. The third-order valence-corrected chi connectivity index (χ3v) is 4.91. The second-order valence-corrected chi connectivity index (χ2v) is 6.83. The standard InChI is InChI=1S/C17H16BrClFN/c18-13-5-6-17(20)12(7-13)10-21-14-8-11(9-14)15-3-1-2-4-16(15)19/h1-7,11,14,21H,8-10H2. The first-order valence-corrected chi connectivity index (χ1v) is 8.22. The SMILES string of the molecule is Fc1ccc(Br)cc1CNC1CC(c2ccccc2Cl)C1. The maximum atomic E-state index is 13.7. The number of hydrogen-bond acceptors (Lipinski definition) is 1. The van der Waals surface area contributed by atoms with Gasteiger partial charge in [0.05, 0.1) is 0 Å². The van der Waals surface area contributed by atoms with Gasteiger partial charge in [0.25, 0.3) is 0 Å². The van der Waals surface area contributed by atoms with Crippen molar-refractivity contribution in [2.45, 2.75) is 31.3 Å². The molecule has 4 heteroatoms. The zero-order chi connectivity index (χ0) is 14.8. The van der Waals surface area contributed by atoms with Gasteiger partial charge in [-0.2, -0.15) is 0 Å². The molecule has 110 valence electrons. The molecular weight excluding hydrogens is 353 g/mol. The van der Waals surface area contributed by atoms with Crippen molar-refractivity contribution >= 4 is 27.5 Å². The van der Waals surface area contributed by atoms with Crippen LogP contribution in [0.25, 0.3) is 0 Å². The largest absolute Gasteiger partial charge is 0.310 e. The molecular formula is C17H16BrClFN. The highest BCUT2D eigenvalue weighted by Crippen LogP contribution is 2.40. The highest BCUT2D eigenvalue weighted by atomic mass is 79.9. The van der Waals surface area contributed by atoms with Crippen molar-refractivity contribution in [1.29, 1.82) is 0 Å². The molecule has 1 aliphatic rings. The molecule has 0 radical (unpaired) electrons. The summed E-state index contributed by atoms with van der Waals surface area (Å²) < 4.78 is 14.6. The highest BCUT2D eigenvalue weighted by Gasteiger charge is 2.31. The molecule has 0 heterocycles. The molecule has 3 rings (SSSR count). The quantitative estimate of drug-likeness (QED) is 0.774. The first-order valence-electron chi connectivity index (χ1n) is 7.05. The average Bonchev–Trinajstić information content (AvgIpc) is 2.42. The van der Waals surface area contributed by atoms with Gasteiger partial charge in [0.1, 0.15) is 5.82 Å². The van der Waals surface area contributed by atoms with Gasteiger partial charge in [-0.25, -0.2) is 4.39 Å². The Bertz CT molecular complexity index is 640. The zero-order valence-corrected chi connectivity index (χ0v) is 13.8. The Balaban J connectivity index is 1.54. The molecule has 0 bridgehead atoms. The molecule has 1 aliphatic carbocycles. The van der Waals surface area contributed by atoms with Crippen molar-refractivity contribution in [3.63, 3.8) is 0 Å². The van der Waals surface area contributed by atoms with Gasteiger partial charge in [-0.05, 0) is 48.6 Å². The van der Waals surface area contributed by atoms with Gasteiger partial charge in [0.2, 0.25) is 0 Å². The predicted molar refractivity (Wildman–Crippen MR) is 88.2 cm³/mol. The molecule has 0 aromatic heterocycles. The molecule has 2 aromatic rings. The van der Waals surface area contributed by atoms with Crippen molar-refractivity contribution in [3.05, 3.63) is 68.9 Å². The van der Waals surface area contributed by atoms with Gasteiger partial charge in [-0.15, -0.1) is 0 Å². The lowest BCUT2D eigenvalue weighted by Crippen LogP contribution is -2.39. The van der Waals surface area contributed by atoms with Crippen LogP contribution in [0.3, 0.4) is 0 Å². The Morgan fingerprint density at radius 2 is 1.95 bits per heavy atom. The molecule has 1 N–H and O–H groups in total. The van der Waals surface area contributed by atoms with Crippen LogP contribution in [0.5, 0.6) is 0 Å². The van der Waals surface area contributed by atoms with Crippen LogP contribution in [0.2, 0.25) is 5.02 Å². The molecule has 21 heavy (non-hydrogen) atoms. The lowest BCUT2D eigenvalue weighted by Gasteiger charge is -2.37. The van der Waals surface area contributed by atoms with E-state index in [1.807, 2.05) is 24.3 Å². The second kappa shape index (κ2) is 6.47. The normalized spacial score (nSPS) is 21.1. The van der Waals surface area contributed by atoms with Gasteiger partial charge in [-0.3, -0.25) is 0 Å². The average molecular weight is 369 g/mol. The number of rotatable bonds is 4. The Hall–Kier alpha value is -0.900. The molecule has 0 aliphatic heterocycles. The minimum atomic E-state index is -0.160. The second-order valence-electron chi connectivity index (χ2n) is 5.50. The van der Waals surface area contributed by atoms with Crippen LogP contribution in [0.4, 0.5) is 4.39 Å². The van der Waals surface area contributed by atoms with E-state index in [-0.39, 0.29) is 5.82 Å². The van der Waals surface area contributed by atoms with Crippen LogP contribution >= 0.6 is 27.5 Å². The molecule has 0 spiro atoms. The fourth-order valence-electron chi connectivity index (χ4n) is 2.78. The Morgan fingerprint density at radius 3 is 2.71 bits per heavy atom. The first kappa shape index (κ1) is 15.0. The fraction of sp³-hybridized carbons (Fsp3) is 0.294. The maximum Gasteiger partial charge on any atom is 0.127 e. The highest BCUT2D eigenvalue weighted by molar-refractivity contribution is 9.10. The molecule has 1 fully saturated rings. The summed E-state index contributed by atoms with van der Waals surface area (Å²) in [7, 11) is 0. The molecule has 0 atom stereocenters. The Labute approximate surface area is 137 Å². The number of benzene rings is 2. The van der Waals surface area contributed by atoms with Gasteiger partial charge in [0, 0.05) is 27.6 Å². The minimum Gasteiger partial charge on any atom is -0.310 e. The Kier molecular flexibility index (Phi) is 4.63. The molecule has 0 amide bonds. The molecule has 0 saturated heterocycles. The van der Waals surface area contributed by atoms with E-state index in [2.05, 4.69) is 27.3 Å². The van der Waals surface area contributed by atoms with Crippen LogP contribution in [0.15, 0.2) is 46.9 Å². The van der Waals surface area contributed by atoms with E-state index >= 15 is 0 Å². The van der Waals surface area contributed by atoms with Crippen LogP contribution in [0.1, 0.15) is 29.9 Å². The zero-order valence-electron chi connectivity index (χ0n) is 11.5. The van der Waals surface area contributed by atoms with Gasteiger partial charge < -0.3 is 5.32 Å². The van der Waals surface area contributed by atoms with Gasteiger partial charge >= 0.3 is 0 Å². The third kappa shape index (κ3) is 3.47. The van der Waals surface area contributed by atoms with Crippen molar-refractivity contribution in [1.82, 2.24) is 5.32 Å². The predicted octanol–water partition coefficient (Wildman–Crippen LogP) is 5.28. The molecule has 1 saturated carbocycles. The van der Waals surface area contributed by atoms with Crippen molar-refractivity contribution in [2.24, 2.45) is 0 Å². The van der Waals surface area contributed by atoms with Gasteiger partial charge in [-0.1, -0.05) is 45.7 Å². The van der Waals surface area contributed by atoms with Crippen LogP contribution in [-0.2, 0) is 6.54 Å². The van der Waals surface area contributed by atoms with E-state index in [9.17, 15) is 4.39 Å². The summed E-state index contributed by atoms with van der Waals surface area (Å²) in [4.78, 5) is 0. The lowest BCUT2D eigenvalue weighted by molar-refractivity contribution is 0.288. The number of nitrogens with one attached hydrogen (secondary N) is 1. The minimum absolute atomic E-state index is 0.160. The van der Waals surface area contributed by atoms with Gasteiger partial charge in [0.15, 0.2) is 0 Å². The van der Waals surface area contributed by atoms with Crippen molar-refractivity contribution < 1.29 is 4.39 Å². The topological polar surface area (TPSA) is 12.0 Å². The smallest absolute Gasteiger partial charge is 0.127 e. The molecule has 1 nitrogen and oxygen atoms in total. The summed E-state index contributed by atoms with van der Waals surface area (Å²) in [5.41, 5.74) is 1.93. The van der Waals surface area contributed by atoms with E-state index in [4.69, 9.17) is 11.6 Å². The third-order valence-electron chi connectivity index (χ3n) is 4.07. The van der Waals surface area contributed by atoms with Crippen LogP contribution in [0, 0.1) is 5.82 Å². The number of hydrogen-bond donors (Lipinski definition) is 1. The van der Waals surface area contributed by atoms with E-state index < -0.39 is 0 Å². The Morgan fingerprint density at radius 1 is 1.19 bits per heavy atom. The summed E-state index contributed by atoms with van der Waals surface area (Å²) in [5.74, 6) is 0.358. The molecule has 0 unspecified atom stereocenters. The van der Waals surface area contributed by atoms with E-state index in [1.54, 1.807) is 6.07 Å². The summed E-state index contributed by atoms with van der Waals surface area (Å²) in [6.07, 6.45) is 2.11. The molecule has 2 aromatic carbocycles. The summed E-state index contributed by atoms with van der Waals surface area (Å²) in [6.45, 7) is 0.561. The lowest BCUT2D eigenvalue weighted by atomic mass is 9.76. The summed E-state index contributed by atoms with van der Waals surface area (Å²) in [5, 5.41) is 4.27. The van der Waals surface area contributed by atoms with E-state index in [1.165, 1.54) is 11.6 Å². The van der Waals surface area contributed by atoms with E-state index in [0.717, 1.165) is 22.3 Å². The van der Waals surface area contributed by atoms with Crippen molar-refractivity contribution in [3.8, 4) is 0 Å². The van der Waals surface area contributed by atoms with Crippen molar-refractivity contribution in [2.75, 3.05) is 0 Å². The summed E-state index contributed by atoms with van der Waals surface area (Å²) in [6, 6.07) is 13.5. The fourth-order valence-corrected chi connectivity index (χ4v) is 3.48.